The zero-order valence-corrected chi connectivity index (χ0v) is 17.1. The van der Waals surface area contributed by atoms with Crippen LogP contribution >= 0.6 is 0 Å². The van der Waals surface area contributed by atoms with Gasteiger partial charge in [-0.1, -0.05) is 52.4 Å². The van der Waals surface area contributed by atoms with Crippen LogP contribution in [0.1, 0.15) is 110 Å². The van der Waals surface area contributed by atoms with Crippen molar-refractivity contribution in [2.24, 2.45) is 17.3 Å². The summed E-state index contributed by atoms with van der Waals surface area (Å²) >= 11 is 0. The summed E-state index contributed by atoms with van der Waals surface area (Å²) in [6.07, 6.45) is 16.9. The first-order valence-corrected chi connectivity index (χ1v) is 11.2. The molecule has 0 heterocycles. The van der Waals surface area contributed by atoms with Gasteiger partial charge in [-0.05, 0) is 63.7 Å². The molecule has 0 saturated heterocycles. The van der Waals surface area contributed by atoms with Crippen LogP contribution in [0.4, 0.5) is 0 Å². The number of hydrogen-bond donors (Lipinski definition) is 0. The molecule has 0 unspecified atom stereocenters. The van der Waals surface area contributed by atoms with Crippen LogP contribution in [0.3, 0.4) is 0 Å². The van der Waals surface area contributed by atoms with E-state index in [2.05, 4.69) is 19.9 Å². The number of hydrogen-bond acceptors (Lipinski definition) is 3. The zero-order chi connectivity index (χ0) is 18.8. The first-order valence-electron chi connectivity index (χ1n) is 11.2. The lowest BCUT2D eigenvalue weighted by Crippen LogP contribution is -2.33. The molecule has 2 saturated carbocycles. The van der Waals surface area contributed by atoms with E-state index in [4.69, 9.17) is 4.74 Å². The molecular formula is C23H39NO2. The number of nitrogens with zero attached hydrogens (tertiary/aromatic N) is 1. The minimum atomic E-state index is -0.179. The maximum atomic E-state index is 12.5. The molecule has 0 amide bonds. The molecule has 3 heteroatoms. The predicted molar refractivity (Wildman–Crippen MR) is 106 cm³/mol. The summed E-state index contributed by atoms with van der Waals surface area (Å²) in [5, 5.41) is 9.51. The largest absolute Gasteiger partial charge is 0.462 e. The number of ether oxygens (including phenoxy) is 1. The van der Waals surface area contributed by atoms with Crippen molar-refractivity contribution in [3.8, 4) is 6.07 Å². The van der Waals surface area contributed by atoms with Gasteiger partial charge in [-0.15, -0.1) is 0 Å². The second-order valence-corrected chi connectivity index (χ2v) is 8.85. The average Bonchev–Trinajstić information content (AvgIpc) is 2.67. The van der Waals surface area contributed by atoms with Gasteiger partial charge in [-0.2, -0.15) is 5.26 Å². The van der Waals surface area contributed by atoms with Crippen LogP contribution in [0.2, 0.25) is 0 Å². The topological polar surface area (TPSA) is 50.1 Å². The Hall–Kier alpha value is -1.04. The summed E-state index contributed by atoms with van der Waals surface area (Å²) in [5.41, 5.74) is -0.179. The molecule has 0 aromatic rings. The van der Waals surface area contributed by atoms with E-state index >= 15 is 0 Å². The van der Waals surface area contributed by atoms with Crippen LogP contribution < -0.4 is 0 Å². The van der Waals surface area contributed by atoms with E-state index in [-0.39, 0.29) is 23.4 Å². The molecule has 2 rings (SSSR count). The van der Waals surface area contributed by atoms with Gasteiger partial charge in [0.25, 0.3) is 0 Å². The van der Waals surface area contributed by atoms with E-state index in [0.29, 0.717) is 0 Å². The highest BCUT2D eigenvalue weighted by atomic mass is 16.5. The third-order valence-corrected chi connectivity index (χ3v) is 6.78. The molecule has 0 aliphatic heterocycles. The van der Waals surface area contributed by atoms with Crippen LogP contribution in [-0.4, -0.2) is 12.1 Å². The number of carbonyl (C=O) groups is 1. The second kappa shape index (κ2) is 11.0. The third kappa shape index (κ3) is 6.29. The molecule has 26 heavy (non-hydrogen) atoms. The average molecular weight is 362 g/mol. The van der Waals surface area contributed by atoms with Crippen molar-refractivity contribution >= 4 is 5.97 Å². The summed E-state index contributed by atoms with van der Waals surface area (Å²) in [5.74, 6) is 0.890. The zero-order valence-electron chi connectivity index (χ0n) is 17.1. The van der Waals surface area contributed by atoms with E-state index in [1.165, 1.54) is 44.9 Å². The SMILES string of the molecule is CCCCCCC1CCC(OC(=O)C2CCC(C#N)(CCC)CC2)CC1. The number of nitriles is 1. The van der Waals surface area contributed by atoms with Crippen LogP contribution in [0.25, 0.3) is 0 Å². The minimum absolute atomic E-state index is 0.0134. The molecule has 2 aliphatic rings. The van der Waals surface area contributed by atoms with Crippen molar-refractivity contribution in [1.82, 2.24) is 0 Å². The first kappa shape index (κ1) is 21.3. The molecule has 0 spiro atoms. The lowest BCUT2D eigenvalue weighted by atomic mass is 9.69. The fraction of sp³-hybridized carbons (Fsp3) is 0.913. The quantitative estimate of drug-likeness (QED) is 0.345. The van der Waals surface area contributed by atoms with E-state index in [1.807, 2.05) is 0 Å². The maximum Gasteiger partial charge on any atom is 0.309 e. The first-order chi connectivity index (χ1) is 12.6. The van der Waals surface area contributed by atoms with Crippen molar-refractivity contribution in [2.75, 3.05) is 0 Å². The van der Waals surface area contributed by atoms with E-state index < -0.39 is 0 Å². The summed E-state index contributed by atoms with van der Waals surface area (Å²) < 4.78 is 5.86. The van der Waals surface area contributed by atoms with Crippen LogP contribution in [0.15, 0.2) is 0 Å². The fourth-order valence-electron chi connectivity index (χ4n) is 4.96. The van der Waals surface area contributed by atoms with Gasteiger partial charge in [-0.25, -0.2) is 0 Å². The van der Waals surface area contributed by atoms with Gasteiger partial charge in [0, 0.05) is 0 Å². The van der Waals surface area contributed by atoms with Gasteiger partial charge in [0.1, 0.15) is 6.10 Å². The van der Waals surface area contributed by atoms with Crippen molar-refractivity contribution < 1.29 is 9.53 Å². The van der Waals surface area contributed by atoms with Gasteiger partial charge >= 0.3 is 5.97 Å². The van der Waals surface area contributed by atoms with Gasteiger partial charge in [0.2, 0.25) is 0 Å². The van der Waals surface area contributed by atoms with Crippen molar-refractivity contribution in [3.05, 3.63) is 0 Å². The summed E-state index contributed by atoms with van der Waals surface area (Å²) in [4.78, 5) is 12.5. The van der Waals surface area contributed by atoms with Crippen molar-refractivity contribution in [2.45, 2.75) is 116 Å². The molecule has 0 atom stereocenters. The Morgan fingerprint density at radius 3 is 2.27 bits per heavy atom. The Balaban J connectivity index is 1.66. The highest BCUT2D eigenvalue weighted by molar-refractivity contribution is 5.72. The molecule has 0 aromatic heterocycles. The van der Waals surface area contributed by atoms with E-state index in [0.717, 1.165) is 57.3 Å². The molecule has 2 aliphatic carbocycles. The summed E-state index contributed by atoms with van der Waals surface area (Å²) in [7, 11) is 0. The summed E-state index contributed by atoms with van der Waals surface area (Å²) in [6, 6.07) is 2.54. The fourth-order valence-corrected chi connectivity index (χ4v) is 4.96. The number of esters is 1. The monoisotopic (exact) mass is 361 g/mol. The Bertz CT molecular complexity index is 451. The van der Waals surface area contributed by atoms with Crippen molar-refractivity contribution in [3.63, 3.8) is 0 Å². The highest BCUT2D eigenvalue weighted by Gasteiger charge is 2.38. The van der Waals surface area contributed by atoms with Crippen molar-refractivity contribution in [1.29, 1.82) is 5.26 Å². The lowest BCUT2D eigenvalue weighted by Gasteiger charge is -2.35. The van der Waals surface area contributed by atoms with Crippen LogP contribution in [0.5, 0.6) is 0 Å². The normalized spacial score (nSPS) is 32.0. The van der Waals surface area contributed by atoms with E-state index in [1.54, 1.807) is 0 Å². The maximum absolute atomic E-state index is 12.5. The molecular weight excluding hydrogens is 322 g/mol. The lowest BCUT2D eigenvalue weighted by molar-refractivity contribution is -0.157. The molecule has 2 fully saturated rings. The molecule has 0 N–H and O–H groups in total. The van der Waals surface area contributed by atoms with Crippen LogP contribution in [0, 0.1) is 28.6 Å². The number of unbranched alkanes of at least 4 members (excludes halogenated alkanes) is 3. The van der Waals surface area contributed by atoms with Gasteiger partial charge in [0.15, 0.2) is 0 Å². The third-order valence-electron chi connectivity index (χ3n) is 6.78. The molecule has 148 valence electrons. The highest BCUT2D eigenvalue weighted by Crippen LogP contribution is 2.42. The molecule has 0 aromatic carbocycles. The Kier molecular flexibility index (Phi) is 8.96. The van der Waals surface area contributed by atoms with Gasteiger partial charge in [0.05, 0.1) is 17.4 Å². The second-order valence-electron chi connectivity index (χ2n) is 8.85. The Morgan fingerprint density at radius 2 is 1.69 bits per heavy atom. The smallest absolute Gasteiger partial charge is 0.309 e. The number of carbonyl (C=O) groups excluding carboxylic acids is 1. The van der Waals surface area contributed by atoms with Gasteiger partial charge in [-0.3, -0.25) is 4.79 Å². The number of rotatable bonds is 9. The summed E-state index contributed by atoms with van der Waals surface area (Å²) in [6.45, 7) is 4.40. The Labute approximate surface area is 160 Å². The molecule has 0 bridgehead atoms. The molecule has 0 radical (unpaired) electrons. The molecule has 3 nitrogen and oxygen atoms in total. The Morgan fingerprint density at radius 1 is 1.00 bits per heavy atom. The predicted octanol–water partition coefficient (Wildman–Crippen LogP) is 6.56. The van der Waals surface area contributed by atoms with E-state index in [9.17, 15) is 10.1 Å². The van der Waals surface area contributed by atoms with Gasteiger partial charge < -0.3 is 4.74 Å². The van der Waals surface area contributed by atoms with Crippen LogP contribution in [-0.2, 0) is 9.53 Å². The standard InChI is InChI=1S/C23H39NO2/c1-3-5-6-7-8-19-9-11-21(12-10-19)26-22(25)20-13-16-23(18-24,15-4-2)17-14-20/h19-21H,3-17H2,1-2H3. The minimum Gasteiger partial charge on any atom is -0.462 e.